The topological polar surface area (TPSA) is 202 Å². The van der Waals surface area contributed by atoms with Crippen LogP contribution in [0.4, 0.5) is 11.9 Å². The number of anilines is 2. The van der Waals surface area contributed by atoms with E-state index in [0.29, 0.717) is 64.8 Å². The van der Waals surface area contributed by atoms with Crippen LogP contribution in [0.3, 0.4) is 0 Å². The van der Waals surface area contributed by atoms with Crippen molar-refractivity contribution >= 4 is 87.4 Å². The second-order valence-electron chi connectivity index (χ2n) is 8.49. The van der Waals surface area contributed by atoms with E-state index in [-0.39, 0.29) is 17.7 Å². The first-order chi connectivity index (χ1) is 18.1. The Morgan fingerprint density at radius 3 is 2.00 bits per heavy atom. The van der Waals surface area contributed by atoms with Gasteiger partial charge in [0, 0.05) is 19.5 Å². The summed E-state index contributed by atoms with van der Waals surface area (Å²) in [7, 11) is 0. The number of rotatable bonds is 11. The number of H-pyrrole nitrogens is 6. The highest BCUT2D eigenvalue weighted by molar-refractivity contribution is 9.13. The Kier molecular flexibility index (Phi) is 9.38. The zero-order chi connectivity index (χ0) is 27.4. The quantitative estimate of drug-likeness (QED) is 0.108. The molecule has 0 aliphatic rings. The van der Waals surface area contributed by atoms with Gasteiger partial charge in [0.2, 0.25) is 0 Å². The molecular weight excluding hydrogens is 756 g/mol. The van der Waals surface area contributed by atoms with E-state index in [4.69, 9.17) is 11.5 Å². The van der Waals surface area contributed by atoms with Gasteiger partial charge in [0.15, 0.2) is 0 Å². The van der Waals surface area contributed by atoms with Crippen LogP contribution in [0, 0.1) is 0 Å². The number of aryl methyl sites for hydroxylation is 1. The molecular formula is C22H26Br4N10O2+2. The van der Waals surface area contributed by atoms with Gasteiger partial charge in [-0.2, -0.15) is 0 Å². The Hall–Kier alpha value is -2.56. The van der Waals surface area contributed by atoms with Crippen molar-refractivity contribution in [3.63, 3.8) is 0 Å². The largest absolute Gasteiger partial charge is 0.351 e. The fraction of sp³-hybridized carbons (Fsp3) is 0.273. The molecule has 12 N–H and O–H groups in total. The van der Waals surface area contributed by atoms with Crippen LogP contribution in [0.1, 0.15) is 56.8 Å². The molecule has 4 heterocycles. The van der Waals surface area contributed by atoms with Crippen molar-refractivity contribution in [2.45, 2.75) is 25.2 Å². The maximum atomic E-state index is 12.6. The van der Waals surface area contributed by atoms with Gasteiger partial charge in [0.05, 0.1) is 30.3 Å². The third kappa shape index (κ3) is 6.90. The summed E-state index contributed by atoms with van der Waals surface area (Å²) in [6.45, 7) is 0.864. The van der Waals surface area contributed by atoms with E-state index in [2.05, 4.69) is 104 Å². The first-order valence-corrected chi connectivity index (χ1v) is 14.7. The predicted octanol–water partition coefficient (Wildman–Crippen LogP) is 3.16. The number of aromatic nitrogens is 6. The number of nitrogens with two attached hydrogens (primary N) is 2. The number of amides is 2. The Morgan fingerprint density at radius 2 is 1.47 bits per heavy atom. The smallest absolute Gasteiger partial charge is 0.350 e. The van der Waals surface area contributed by atoms with Gasteiger partial charge >= 0.3 is 11.9 Å². The average molecular weight is 782 g/mol. The van der Waals surface area contributed by atoms with Gasteiger partial charge in [-0.1, -0.05) is 0 Å². The molecule has 4 aromatic rings. The second kappa shape index (κ2) is 12.5. The van der Waals surface area contributed by atoms with Gasteiger partial charge in [0.1, 0.15) is 28.5 Å². The summed E-state index contributed by atoms with van der Waals surface area (Å²) in [4.78, 5) is 43.5. The second-order valence-corrected chi connectivity index (χ2v) is 11.8. The first-order valence-electron chi connectivity index (χ1n) is 11.5. The number of aromatic amines is 6. The minimum atomic E-state index is -0.220. The highest BCUT2D eigenvalue weighted by Gasteiger charge is 2.28. The van der Waals surface area contributed by atoms with E-state index in [9.17, 15) is 9.59 Å². The van der Waals surface area contributed by atoms with E-state index in [0.717, 1.165) is 26.0 Å². The molecule has 0 saturated heterocycles. The molecule has 0 bridgehead atoms. The lowest BCUT2D eigenvalue weighted by molar-refractivity contribution is -0.373. The van der Waals surface area contributed by atoms with Crippen LogP contribution in [0.25, 0.3) is 0 Å². The molecule has 1 unspecified atom stereocenters. The SMILES string of the molecule is Nc1[nH]c(C(CCNC(=O)c2cc(Br)c(Br)[nH]2)c2[nH+]c(N)[nH]c2CCCNC(=O)c2cc(Br)c(Br)[nH]2)c[nH+]1. The lowest BCUT2D eigenvalue weighted by Gasteiger charge is -2.13. The first kappa shape index (κ1) is 28.4. The maximum absolute atomic E-state index is 12.6. The molecule has 12 nitrogen and oxygen atoms in total. The molecule has 4 aromatic heterocycles. The lowest BCUT2D eigenvalue weighted by Crippen LogP contribution is -2.28. The van der Waals surface area contributed by atoms with Crippen molar-refractivity contribution in [3.05, 3.63) is 65.0 Å². The predicted molar refractivity (Wildman–Crippen MR) is 155 cm³/mol. The molecule has 0 aromatic carbocycles. The summed E-state index contributed by atoms with van der Waals surface area (Å²) in [6.07, 6.45) is 3.68. The third-order valence-electron chi connectivity index (χ3n) is 5.81. The number of carbonyl (C=O) groups excluding carboxylic acids is 2. The van der Waals surface area contributed by atoms with Gasteiger partial charge in [-0.25, -0.2) is 19.9 Å². The van der Waals surface area contributed by atoms with Crippen molar-refractivity contribution in [1.29, 1.82) is 0 Å². The Labute approximate surface area is 250 Å². The highest BCUT2D eigenvalue weighted by Crippen LogP contribution is 2.27. The minimum absolute atomic E-state index is 0.169. The number of imidazole rings is 2. The normalized spacial score (nSPS) is 12.0. The van der Waals surface area contributed by atoms with E-state index >= 15 is 0 Å². The Morgan fingerprint density at radius 1 is 0.868 bits per heavy atom. The van der Waals surface area contributed by atoms with Crippen molar-refractivity contribution < 1.29 is 19.6 Å². The molecule has 0 fully saturated rings. The summed E-state index contributed by atoms with van der Waals surface area (Å²) >= 11 is 13.4. The molecule has 4 rings (SSSR count). The van der Waals surface area contributed by atoms with Gasteiger partial charge in [-0.3, -0.25) is 21.1 Å². The summed E-state index contributed by atoms with van der Waals surface area (Å²) in [6, 6.07) is 3.43. The van der Waals surface area contributed by atoms with Crippen molar-refractivity contribution in [2.75, 3.05) is 24.6 Å². The molecule has 0 radical (unpaired) electrons. The summed E-state index contributed by atoms with van der Waals surface area (Å²) in [5.74, 6) is 0.255. The fourth-order valence-corrected chi connectivity index (χ4v) is 5.36. The molecule has 0 aliphatic carbocycles. The van der Waals surface area contributed by atoms with Gasteiger partial charge in [-0.05, 0) is 88.7 Å². The van der Waals surface area contributed by atoms with E-state index < -0.39 is 0 Å². The average Bonchev–Trinajstić information content (AvgIpc) is 3.63. The van der Waals surface area contributed by atoms with Gasteiger partial charge in [0.25, 0.3) is 11.8 Å². The van der Waals surface area contributed by atoms with Crippen molar-refractivity contribution in [3.8, 4) is 0 Å². The number of carbonyl (C=O) groups is 2. The molecule has 202 valence electrons. The van der Waals surface area contributed by atoms with Crippen molar-refractivity contribution in [2.24, 2.45) is 0 Å². The molecule has 0 aliphatic heterocycles. The molecule has 38 heavy (non-hydrogen) atoms. The van der Waals surface area contributed by atoms with Crippen LogP contribution in [-0.4, -0.2) is 44.8 Å². The minimum Gasteiger partial charge on any atom is -0.351 e. The summed E-state index contributed by atoms with van der Waals surface area (Å²) in [5.41, 5.74) is 15.5. The van der Waals surface area contributed by atoms with Gasteiger partial charge in [-0.15, -0.1) is 0 Å². The molecule has 16 heteroatoms. The molecule has 1 atom stereocenters. The van der Waals surface area contributed by atoms with Crippen LogP contribution in [0.5, 0.6) is 0 Å². The summed E-state index contributed by atoms with van der Waals surface area (Å²) in [5, 5.41) is 5.87. The molecule has 0 spiro atoms. The third-order valence-corrected chi connectivity index (χ3v) is 9.38. The number of nitrogens with one attached hydrogen (secondary N) is 8. The van der Waals surface area contributed by atoms with Crippen LogP contribution >= 0.6 is 63.7 Å². The zero-order valence-corrected chi connectivity index (χ0v) is 26.2. The van der Waals surface area contributed by atoms with Crippen molar-refractivity contribution in [1.82, 2.24) is 30.6 Å². The maximum Gasteiger partial charge on any atom is 0.350 e. The van der Waals surface area contributed by atoms with Crippen LogP contribution in [0.2, 0.25) is 0 Å². The Bertz CT molecular complexity index is 1400. The van der Waals surface area contributed by atoms with E-state index in [1.807, 2.05) is 0 Å². The van der Waals surface area contributed by atoms with E-state index in [1.54, 1.807) is 18.3 Å². The number of nitrogen functional groups attached to an aromatic ring is 2. The Balaban J connectivity index is 1.40. The monoisotopic (exact) mass is 778 g/mol. The summed E-state index contributed by atoms with van der Waals surface area (Å²) < 4.78 is 2.96. The number of halogens is 4. The fourth-order valence-electron chi connectivity index (χ4n) is 4.04. The van der Waals surface area contributed by atoms with Crippen LogP contribution < -0.4 is 32.1 Å². The lowest BCUT2D eigenvalue weighted by atomic mass is 9.95. The number of hydrogen-bond acceptors (Lipinski definition) is 4. The van der Waals surface area contributed by atoms with Crippen LogP contribution in [0.15, 0.2) is 36.5 Å². The molecule has 2 amide bonds. The van der Waals surface area contributed by atoms with Crippen LogP contribution in [-0.2, 0) is 6.42 Å². The zero-order valence-electron chi connectivity index (χ0n) is 19.8. The standard InChI is InChI=1S/C22H24Br4N10O2/c23-10-6-13(32-17(10)25)19(37)29-4-1-2-12-16(36-22(28)34-12)9(15-8-31-21(27)35-15)3-5-30-20(38)14-7-11(24)18(26)33-14/h6-9,32-33H,1-5H2,(H,29,37)(H,30,38)(H3,27,31,35)(H3,28,34,36)/p+2. The number of hydrogen-bond donors (Lipinski definition) is 8. The highest BCUT2D eigenvalue weighted by atomic mass is 79.9. The molecule has 0 saturated carbocycles. The van der Waals surface area contributed by atoms with E-state index in [1.165, 1.54) is 0 Å². The van der Waals surface area contributed by atoms with Gasteiger partial charge < -0.3 is 20.6 Å².